The zero-order valence-electron chi connectivity index (χ0n) is 13.8. The first-order chi connectivity index (χ1) is 9.79. The Labute approximate surface area is 128 Å². The fraction of sp³-hybridized carbons (Fsp3) is 0.611. The van der Waals surface area contributed by atoms with Crippen molar-refractivity contribution in [3.05, 3.63) is 29.3 Å². The number of hydrogen-bond acceptors (Lipinski definition) is 2. The predicted octanol–water partition coefficient (Wildman–Crippen LogP) is 4.34. The molecule has 2 atom stereocenters. The van der Waals surface area contributed by atoms with Gasteiger partial charge in [-0.25, -0.2) is 4.79 Å². The van der Waals surface area contributed by atoms with Crippen LogP contribution in [0.5, 0.6) is 0 Å². The lowest BCUT2D eigenvalue weighted by Gasteiger charge is -2.50. The summed E-state index contributed by atoms with van der Waals surface area (Å²) in [6.07, 6.45) is 2.54. The zero-order chi connectivity index (χ0) is 15.8. The summed E-state index contributed by atoms with van der Waals surface area (Å²) in [4.78, 5) is 14.0. The van der Waals surface area contributed by atoms with Crippen LogP contribution in [0.15, 0.2) is 18.2 Å². The molecule has 1 aliphatic heterocycles. The molecule has 3 heteroatoms. The summed E-state index contributed by atoms with van der Waals surface area (Å²) in [5, 5.41) is 9.73. The molecule has 1 aliphatic rings. The maximum absolute atomic E-state index is 11.8. The lowest BCUT2D eigenvalue weighted by atomic mass is 9.78. The molecule has 3 nitrogen and oxygen atoms in total. The van der Waals surface area contributed by atoms with Gasteiger partial charge in [-0.3, -0.25) is 0 Å². The molecule has 1 aromatic rings. The highest BCUT2D eigenvalue weighted by Gasteiger charge is 2.42. The quantitative estimate of drug-likeness (QED) is 0.896. The first-order valence-electron chi connectivity index (χ1n) is 7.91. The Bertz CT molecular complexity index is 536. The lowest BCUT2D eigenvalue weighted by molar-refractivity contribution is -0.139. The maximum atomic E-state index is 11.8. The molecule has 0 saturated carbocycles. The second-order valence-electron chi connectivity index (χ2n) is 6.94. The van der Waals surface area contributed by atoms with E-state index in [-0.39, 0.29) is 5.54 Å². The molecule has 2 rings (SSSR count). The number of aliphatic carboxylic acids is 1. The van der Waals surface area contributed by atoms with Gasteiger partial charge in [-0.05, 0) is 50.7 Å². The summed E-state index contributed by atoms with van der Waals surface area (Å²) in [5.74, 6) is -0.254. The van der Waals surface area contributed by atoms with Crippen LogP contribution >= 0.6 is 0 Å². The van der Waals surface area contributed by atoms with Crippen LogP contribution in [0, 0.1) is 6.92 Å². The minimum atomic E-state index is -0.714. The summed E-state index contributed by atoms with van der Waals surface area (Å²) in [6, 6.07) is 5.87. The number of carbonyl (C=O) groups is 1. The van der Waals surface area contributed by atoms with Gasteiger partial charge >= 0.3 is 5.97 Å². The van der Waals surface area contributed by atoms with Crippen molar-refractivity contribution < 1.29 is 9.90 Å². The number of para-hydroxylation sites is 1. The van der Waals surface area contributed by atoms with E-state index in [0.717, 1.165) is 18.5 Å². The van der Waals surface area contributed by atoms with Crippen LogP contribution in [0.25, 0.3) is 0 Å². The van der Waals surface area contributed by atoms with Crippen LogP contribution in [0.2, 0.25) is 0 Å². The van der Waals surface area contributed by atoms with Gasteiger partial charge in [0.2, 0.25) is 0 Å². The average Bonchev–Trinajstić information content (AvgIpc) is 2.37. The molecule has 1 aromatic carbocycles. The molecular formula is C18H27NO2. The number of rotatable bonds is 4. The average molecular weight is 289 g/mol. The Kier molecular flexibility index (Phi) is 4.31. The van der Waals surface area contributed by atoms with Crippen LogP contribution in [-0.2, 0) is 4.79 Å². The fourth-order valence-corrected chi connectivity index (χ4v) is 3.88. The third kappa shape index (κ3) is 2.78. The van der Waals surface area contributed by atoms with Gasteiger partial charge < -0.3 is 10.0 Å². The minimum Gasteiger partial charge on any atom is -0.480 e. The van der Waals surface area contributed by atoms with E-state index < -0.39 is 12.0 Å². The highest BCUT2D eigenvalue weighted by molar-refractivity contribution is 5.81. The van der Waals surface area contributed by atoms with Crippen LogP contribution < -0.4 is 4.90 Å². The number of carboxylic acids is 1. The van der Waals surface area contributed by atoms with Crippen molar-refractivity contribution in [2.45, 2.75) is 71.4 Å². The van der Waals surface area contributed by atoms with Gasteiger partial charge in [0.25, 0.3) is 0 Å². The van der Waals surface area contributed by atoms with E-state index in [4.69, 9.17) is 0 Å². The number of nitrogens with zero attached hydrogens (tertiary/aromatic N) is 1. The third-order valence-electron chi connectivity index (χ3n) is 4.66. The van der Waals surface area contributed by atoms with E-state index in [1.807, 2.05) is 6.92 Å². The number of anilines is 1. The molecule has 1 N–H and O–H groups in total. The minimum absolute atomic E-state index is 0.142. The molecule has 0 aromatic heterocycles. The SMILES string of the molecule is CCCC(C(=O)O)N1c2c(C)cccc2C(C)CC1(C)C. The van der Waals surface area contributed by atoms with E-state index in [2.05, 4.69) is 50.8 Å². The van der Waals surface area contributed by atoms with E-state index in [9.17, 15) is 9.90 Å². The lowest BCUT2D eigenvalue weighted by Crippen LogP contribution is -2.56. The number of fused-ring (bicyclic) bond motifs is 1. The monoisotopic (exact) mass is 289 g/mol. The molecule has 0 fully saturated rings. The van der Waals surface area contributed by atoms with Crippen molar-refractivity contribution in [2.75, 3.05) is 4.90 Å². The molecule has 0 bridgehead atoms. The van der Waals surface area contributed by atoms with Gasteiger partial charge in [0.1, 0.15) is 6.04 Å². The molecular weight excluding hydrogens is 262 g/mol. The Morgan fingerprint density at radius 1 is 1.48 bits per heavy atom. The van der Waals surface area contributed by atoms with Crippen LogP contribution in [0.3, 0.4) is 0 Å². The van der Waals surface area contributed by atoms with E-state index in [1.165, 1.54) is 11.1 Å². The zero-order valence-corrected chi connectivity index (χ0v) is 13.8. The summed E-state index contributed by atoms with van der Waals surface area (Å²) in [5.41, 5.74) is 3.46. The van der Waals surface area contributed by atoms with Crippen molar-refractivity contribution in [3.63, 3.8) is 0 Å². The summed E-state index contributed by atoms with van der Waals surface area (Å²) in [6.45, 7) is 10.7. The largest absolute Gasteiger partial charge is 0.480 e. The number of benzene rings is 1. The van der Waals surface area contributed by atoms with Gasteiger partial charge in [-0.2, -0.15) is 0 Å². The first kappa shape index (κ1) is 15.9. The maximum Gasteiger partial charge on any atom is 0.326 e. The Hall–Kier alpha value is -1.51. The standard InChI is InChI=1S/C18H27NO2/c1-6-8-15(17(20)21)19-16-12(2)9-7-10-14(16)13(3)11-18(19,4)5/h7,9-10,13,15H,6,8,11H2,1-5H3,(H,20,21). The third-order valence-corrected chi connectivity index (χ3v) is 4.66. The van der Waals surface area contributed by atoms with Crippen molar-refractivity contribution >= 4 is 11.7 Å². The molecule has 21 heavy (non-hydrogen) atoms. The summed E-state index contributed by atoms with van der Waals surface area (Å²) < 4.78 is 0. The second kappa shape index (κ2) is 5.70. The second-order valence-corrected chi connectivity index (χ2v) is 6.94. The van der Waals surface area contributed by atoms with Gasteiger partial charge in [-0.1, -0.05) is 38.5 Å². The van der Waals surface area contributed by atoms with Crippen LogP contribution in [0.1, 0.15) is 64.0 Å². The smallest absolute Gasteiger partial charge is 0.326 e. The van der Waals surface area contributed by atoms with Gasteiger partial charge in [0.05, 0.1) is 0 Å². The molecule has 0 amide bonds. The summed E-state index contributed by atoms with van der Waals surface area (Å²) >= 11 is 0. The Balaban J connectivity index is 2.62. The van der Waals surface area contributed by atoms with Gasteiger partial charge in [0.15, 0.2) is 0 Å². The Morgan fingerprint density at radius 2 is 2.14 bits per heavy atom. The van der Waals surface area contributed by atoms with Gasteiger partial charge in [0, 0.05) is 11.2 Å². The van der Waals surface area contributed by atoms with Crippen molar-refractivity contribution in [1.82, 2.24) is 0 Å². The highest BCUT2D eigenvalue weighted by Crippen LogP contribution is 2.46. The van der Waals surface area contributed by atoms with Crippen molar-refractivity contribution in [3.8, 4) is 0 Å². The Morgan fingerprint density at radius 3 is 2.71 bits per heavy atom. The van der Waals surface area contributed by atoms with Crippen LogP contribution in [-0.4, -0.2) is 22.7 Å². The fourth-order valence-electron chi connectivity index (χ4n) is 3.88. The number of aryl methyl sites for hydroxylation is 1. The van der Waals surface area contributed by atoms with E-state index >= 15 is 0 Å². The molecule has 0 saturated heterocycles. The van der Waals surface area contributed by atoms with Crippen molar-refractivity contribution in [1.29, 1.82) is 0 Å². The number of hydrogen-bond donors (Lipinski definition) is 1. The summed E-state index contributed by atoms with van der Waals surface area (Å²) in [7, 11) is 0. The molecule has 0 spiro atoms. The molecule has 116 valence electrons. The first-order valence-corrected chi connectivity index (χ1v) is 7.91. The highest BCUT2D eigenvalue weighted by atomic mass is 16.4. The van der Waals surface area contributed by atoms with Crippen molar-refractivity contribution in [2.24, 2.45) is 0 Å². The van der Waals surface area contributed by atoms with E-state index in [1.54, 1.807) is 0 Å². The normalized spacial score (nSPS) is 21.8. The predicted molar refractivity (Wildman–Crippen MR) is 87.1 cm³/mol. The van der Waals surface area contributed by atoms with Crippen LogP contribution in [0.4, 0.5) is 5.69 Å². The topological polar surface area (TPSA) is 40.5 Å². The molecule has 0 radical (unpaired) electrons. The molecule has 2 unspecified atom stereocenters. The molecule has 0 aliphatic carbocycles. The molecule has 1 heterocycles. The van der Waals surface area contributed by atoms with E-state index in [0.29, 0.717) is 12.3 Å². The van der Waals surface area contributed by atoms with Gasteiger partial charge in [-0.15, -0.1) is 0 Å². The number of carboxylic acid groups (broad SMARTS) is 1.